The summed E-state index contributed by atoms with van der Waals surface area (Å²) in [6, 6.07) is 0. The number of hydrogen-bond donors (Lipinski definition) is 0. The summed E-state index contributed by atoms with van der Waals surface area (Å²) < 4.78 is 5.33. The largest absolute Gasteiger partial charge is 0.377 e. The van der Waals surface area contributed by atoms with Crippen molar-refractivity contribution >= 4 is 5.78 Å². The van der Waals surface area contributed by atoms with E-state index in [1.165, 1.54) is 0 Å². The Hall–Kier alpha value is -0.370. The van der Waals surface area contributed by atoms with Crippen molar-refractivity contribution in [2.75, 3.05) is 6.61 Å². The minimum Gasteiger partial charge on any atom is -0.377 e. The maximum absolute atomic E-state index is 10.9. The van der Waals surface area contributed by atoms with Gasteiger partial charge >= 0.3 is 0 Å². The molecule has 0 N–H and O–H groups in total. The molecule has 1 aliphatic rings. The molecule has 0 bridgehead atoms. The van der Waals surface area contributed by atoms with Crippen LogP contribution in [-0.4, -0.2) is 18.5 Å². The van der Waals surface area contributed by atoms with E-state index in [0.717, 1.165) is 13.0 Å². The number of carbonyl (C=O) groups excluding carboxylic acids is 1. The topological polar surface area (TPSA) is 26.3 Å². The first-order chi connectivity index (χ1) is 4.79. The van der Waals surface area contributed by atoms with Gasteiger partial charge in [0.2, 0.25) is 0 Å². The number of hydrogen-bond acceptors (Lipinski definition) is 2. The highest BCUT2D eigenvalue weighted by Gasteiger charge is 2.38. The van der Waals surface area contributed by atoms with Crippen LogP contribution in [0.2, 0.25) is 0 Å². The summed E-state index contributed by atoms with van der Waals surface area (Å²) in [5, 5.41) is 0. The smallest absolute Gasteiger partial charge is 0.141 e. The lowest BCUT2D eigenvalue weighted by Gasteiger charge is -2.33. The third-order valence-corrected chi connectivity index (χ3v) is 2.09. The molecule has 2 atom stereocenters. The van der Waals surface area contributed by atoms with Crippen LogP contribution in [0.4, 0.5) is 0 Å². The molecule has 0 unspecified atom stereocenters. The van der Waals surface area contributed by atoms with Crippen LogP contribution >= 0.6 is 0 Å². The molecular weight excluding hydrogens is 128 g/mol. The Morgan fingerprint density at radius 3 is 2.70 bits per heavy atom. The Morgan fingerprint density at radius 2 is 2.30 bits per heavy atom. The van der Waals surface area contributed by atoms with Crippen LogP contribution in [0.5, 0.6) is 0 Å². The van der Waals surface area contributed by atoms with Gasteiger partial charge < -0.3 is 4.74 Å². The lowest BCUT2D eigenvalue weighted by molar-refractivity contribution is -0.144. The zero-order valence-electron chi connectivity index (χ0n) is 6.59. The summed E-state index contributed by atoms with van der Waals surface area (Å²) in [6.45, 7) is 4.73. The fraction of sp³-hybridized carbons (Fsp3) is 0.875. The summed E-state index contributed by atoms with van der Waals surface area (Å²) in [7, 11) is 0. The van der Waals surface area contributed by atoms with Crippen molar-refractivity contribution in [3.63, 3.8) is 0 Å². The van der Waals surface area contributed by atoms with E-state index in [-0.39, 0.29) is 12.0 Å². The van der Waals surface area contributed by atoms with E-state index in [1.807, 2.05) is 13.8 Å². The van der Waals surface area contributed by atoms with E-state index in [1.54, 1.807) is 0 Å². The van der Waals surface area contributed by atoms with Crippen LogP contribution in [-0.2, 0) is 9.53 Å². The number of carbonyl (C=O) groups is 1. The predicted octanol–water partition coefficient (Wildman–Crippen LogP) is 1.39. The predicted molar refractivity (Wildman–Crippen MR) is 38.8 cm³/mol. The van der Waals surface area contributed by atoms with E-state index in [9.17, 15) is 4.79 Å². The standard InChI is InChI=1S/C8H14O2/c1-3-6-7(9)5-8(6)10-4-2/h6,8H,3-5H2,1-2H3/t6-,8-/m0/s1. The second-order valence-corrected chi connectivity index (χ2v) is 2.68. The molecule has 58 valence electrons. The maximum atomic E-state index is 10.9. The molecule has 10 heavy (non-hydrogen) atoms. The van der Waals surface area contributed by atoms with Crippen LogP contribution in [0.1, 0.15) is 26.7 Å². The van der Waals surface area contributed by atoms with Gasteiger partial charge in [0.1, 0.15) is 5.78 Å². The summed E-state index contributed by atoms with van der Waals surface area (Å²) in [5.41, 5.74) is 0. The van der Waals surface area contributed by atoms with Gasteiger partial charge in [0.05, 0.1) is 6.10 Å². The van der Waals surface area contributed by atoms with Crippen molar-refractivity contribution in [2.24, 2.45) is 5.92 Å². The summed E-state index contributed by atoms with van der Waals surface area (Å²) in [4.78, 5) is 10.9. The number of Topliss-reactive ketones (excluding diaryl/α,β-unsaturated/α-hetero) is 1. The first-order valence-corrected chi connectivity index (χ1v) is 3.93. The normalized spacial score (nSPS) is 32.0. The first-order valence-electron chi connectivity index (χ1n) is 3.93. The molecule has 1 fully saturated rings. The Labute approximate surface area is 61.6 Å². The fourth-order valence-electron chi connectivity index (χ4n) is 1.42. The quantitative estimate of drug-likeness (QED) is 0.595. The van der Waals surface area contributed by atoms with E-state index in [4.69, 9.17) is 4.74 Å². The molecule has 2 heteroatoms. The highest BCUT2D eigenvalue weighted by molar-refractivity contribution is 5.88. The Bertz CT molecular complexity index is 131. The minimum absolute atomic E-state index is 0.208. The van der Waals surface area contributed by atoms with Gasteiger partial charge in [-0.25, -0.2) is 0 Å². The first kappa shape index (κ1) is 7.73. The van der Waals surface area contributed by atoms with Crippen LogP contribution in [0, 0.1) is 5.92 Å². The summed E-state index contributed by atoms with van der Waals surface area (Å²) in [5.74, 6) is 0.584. The molecule has 0 aliphatic heterocycles. The van der Waals surface area contributed by atoms with Crippen molar-refractivity contribution in [2.45, 2.75) is 32.8 Å². The van der Waals surface area contributed by atoms with Crippen molar-refractivity contribution in [3.8, 4) is 0 Å². The lowest BCUT2D eigenvalue weighted by Crippen LogP contribution is -2.43. The van der Waals surface area contributed by atoms with Gasteiger partial charge in [-0.05, 0) is 13.3 Å². The van der Waals surface area contributed by atoms with Crippen LogP contribution in [0.15, 0.2) is 0 Å². The lowest BCUT2D eigenvalue weighted by atomic mass is 9.78. The minimum atomic E-state index is 0.208. The molecule has 0 aromatic carbocycles. The molecule has 0 aromatic rings. The molecule has 1 saturated carbocycles. The second-order valence-electron chi connectivity index (χ2n) is 2.68. The average molecular weight is 142 g/mol. The van der Waals surface area contributed by atoms with Crippen LogP contribution in [0.3, 0.4) is 0 Å². The highest BCUT2D eigenvalue weighted by Crippen LogP contribution is 2.28. The van der Waals surface area contributed by atoms with E-state index in [0.29, 0.717) is 12.2 Å². The number of ether oxygens (including phenoxy) is 1. The summed E-state index contributed by atoms with van der Waals surface area (Å²) in [6.07, 6.45) is 1.82. The van der Waals surface area contributed by atoms with Crippen molar-refractivity contribution in [1.29, 1.82) is 0 Å². The van der Waals surface area contributed by atoms with Gasteiger partial charge in [-0.15, -0.1) is 0 Å². The molecule has 0 aromatic heterocycles. The molecule has 0 radical (unpaired) electrons. The van der Waals surface area contributed by atoms with Crippen LogP contribution < -0.4 is 0 Å². The molecule has 0 heterocycles. The van der Waals surface area contributed by atoms with E-state index >= 15 is 0 Å². The number of rotatable bonds is 3. The summed E-state index contributed by atoms with van der Waals surface area (Å²) >= 11 is 0. The Kier molecular flexibility index (Phi) is 2.44. The SMILES string of the molecule is CCO[C@H]1CC(=O)[C@@H]1CC. The number of ketones is 1. The average Bonchev–Trinajstić information content (AvgIpc) is 1.88. The highest BCUT2D eigenvalue weighted by atomic mass is 16.5. The van der Waals surface area contributed by atoms with Gasteiger partial charge in [0.15, 0.2) is 0 Å². The fourth-order valence-corrected chi connectivity index (χ4v) is 1.42. The second kappa shape index (κ2) is 3.15. The van der Waals surface area contributed by atoms with Crippen molar-refractivity contribution in [3.05, 3.63) is 0 Å². The zero-order valence-corrected chi connectivity index (χ0v) is 6.59. The third-order valence-electron chi connectivity index (χ3n) is 2.09. The molecule has 0 spiro atoms. The maximum Gasteiger partial charge on any atom is 0.141 e. The monoisotopic (exact) mass is 142 g/mol. The zero-order chi connectivity index (χ0) is 7.56. The molecule has 2 nitrogen and oxygen atoms in total. The van der Waals surface area contributed by atoms with Gasteiger partial charge in [-0.1, -0.05) is 6.92 Å². The third kappa shape index (κ3) is 1.21. The van der Waals surface area contributed by atoms with Gasteiger partial charge in [0.25, 0.3) is 0 Å². The van der Waals surface area contributed by atoms with Gasteiger partial charge in [-0.3, -0.25) is 4.79 Å². The Morgan fingerprint density at radius 1 is 1.60 bits per heavy atom. The van der Waals surface area contributed by atoms with Crippen molar-refractivity contribution < 1.29 is 9.53 Å². The van der Waals surface area contributed by atoms with E-state index < -0.39 is 0 Å². The molecule has 1 aliphatic carbocycles. The Balaban J connectivity index is 2.30. The van der Waals surface area contributed by atoms with Crippen molar-refractivity contribution in [1.82, 2.24) is 0 Å². The van der Waals surface area contributed by atoms with Gasteiger partial charge in [-0.2, -0.15) is 0 Å². The molecule has 1 rings (SSSR count). The van der Waals surface area contributed by atoms with Gasteiger partial charge in [0, 0.05) is 18.9 Å². The van der Waals surface area contributed by atoms with Crippen LogP contribution in [0.25, 0.3) is 0 Å². The molecule has 0 amide bonds. The molecular formula is C8H14O2. The van der Waals surface area contributed by atoms with E-state index in [2.05, 4.69) is 0 Å². The molecule has 0 saturated heterocycles.